The molecule has 5 heteroatoms. The summed E-state index contributed by atoms with van der Waals surface area (Å²) in [6.07, 6.45) is 0.712. The van der Waals surface area contributed by atoms with Crippen LogP contribution in [0.25, 0.3) is 0 Å². The van der Waals surface area contributed by atoms with Gasteiger partial charge in [-0.05, 0) is 48.2 Å². The summed E-state index contributed by atoms with van der Waals surface area (Å²) in [4.78, 5) is 24.0. The fraction of sp³-hybridized carbons (Fsp3) is 0. The molecule has 1 aromatic carbocycles. The van der Waals surface area contributed by atoms with Gasteiger partial charge >= 0.3 is 0 Å². The van der Waals surface area contributed by atoms with Gasteiger partial charge in [0.2, 0.25) is 5.12 Å². The molecule has 0 atom stereocenters. The molecule has 2 rings (SSSR count). The third-order valence-electron chi connectivity index (χ3n) is 1.97. The van der Waals surface area contributed by atoms with Gasteiger partial charge < -0.3 is 0 Å². The molecule has 0 N–H and O–H groups in total. The molecule has 17 heavy (non-hydrogen) atoms. The van der Waals surface area contributed by atoms with Crippen molar-refractivity contribution in [2.75, 3.05) is 0 Å². The molecule has 0 spiro atoms. The smallest absolute Gasteiger partial charge is 0.234 e. The molecule has 0 aliphatic rings. The summed E-state index contributed by atoms with van der Waals surface area (Å²) in [6.45, 7) is 0. The Labute approximate surface area is 105 Å². The first-order valence-electron chi connectivity index (χ1n) is 4.72. The predicted octanol–water partition coefficient (Wildman–Crippen LogP) is 3.63. The maximum absolute atomic E-state index is 12.7. The van der Waals surface area contributed by atoms with Crippen LogP contribution in [0.1, 0.15) is 19.3 Å². The lowest BCUT2D eigenvalue weighted by molar-refractivity contribution is 0.109. The fourth-order valence-corrected chi connectivity index (χ4v) is 2.75. The Kier molecular flexibility index (Phi) is 3.71. The molecule has 0 unspecified atom stereocenters. The van der Waals surface area contributed by atoms with Crippen molar-refractivity contribution in [1.29, 1.82) is 0 Å². The van der Waals surface area contributed by atoms with Gasteiger partial charge in [0.25, 0.3) is 0 Å². The van der Waals surface area contributed by atoms with Crippen molar-refractivity contribution in [3.8, 4) is 0 Å². The van der Waals surface area contributed by atoms with Gasteiger partial charge in [0.15, 0.2) is 6.29 Å². The number of carbonyl (C=O) groups excluding carboxylic acids is 2. The van der Waals surface area contributed by atoms with Crippen LogP contribution in [0, 0.1) is 5.82 Å². The van der Waals surface area contributed by atoms with Crippen LogP contribution in [-0.2, 0) is 0 Å². The second-order valence-corrected chi connectivity index (χ2v) is 5.32. The topological polar surface area (TPSA) is 34.1 Å². The first-order chi connectivity index (χ1) is 8.19. The van der Waals surface area contributed by atoms with Gasteiger partial charge in [0, 0.05) is 4.90 Å². The van der Waals surface area contributed by atoms with Crippen LogP contribution in [0.2, 0.25) is 0 Å². The Morgan fingerprint density at radius 1 is 1.18 bits per heavy atom. The van der Waals surface area contributed by atoms with Gasteiger partial charge in [-0.15, -0.1) is 11.3 Å². The van der Waals surface area contributed by atoms with Crippen molar-refractivity contribution < 1.29 is 14.0 Å². The normalized spacial score (nSPS) is 10.2. The number of thiophene rings is 1. The number of rotatable bonds is 3. The molecule has 1 heterocycles. The van der Waals surface area contributed by atoms with Crippen LogP contribution in [0.4, 0.5) is 4.39 Å². The zero-order valence-electron chi connectivity index (χ0n) is 8.55. The number of aldehydes is 1. The summed E-state index contributed by atoms with van der Waals surface area (Å²) in [7, 11) is 0. The van der Waals surface area contributed by atoms with E-state index in [0.717, 1.165) is 23.1 Å². The Morgan fingerprint density at radius 2 is 1.88 bits per heavy atom. The highest BCUT2D eigenvalue weighted by Gasteiger charge is 2.11. The lowest BCUT2D eigenvalue weighted by Crippen LogP contribution is -1.88. The van der Waals surface area contributed by atoms with Crippen molar-refractivity contribution in [3.05, 3.63) is 52.0 Å². The minimum absolute atomic E-state index is 0.144. The standard InChI is InChI=1S/C12H7FO2S2/c13-8-1-3-9(4-2-8)17-12(15)11-6-5-10(7-14)16-11/h1-7H. The van der Waals surface area contributed by atoms with Crippen LogP contribution in [0.3, 0.4) is 0 Å². The highest BCUT2D eigenvalue weighted by molar-refractivity contribution is 8.14. The van der Waals surface area contributed by atoms with E-state index >= 15 is 0 Å². The summed E-state index contributed by atoms with van der Waals surface area (Å²) in [5.74, 6) is -0.332. The minimum Gasteiger partial charge on any atom is -0.297 e. The second-order valence-electron chi connectivity index (χ2n) is 3.16. The fourth-order valence-electron chi connectivity index (χ4n) is 1.19. The number of benzene rings is 1. The van der Waals surface area contributed by atoms with E-state index in [1.807, 2.05) is 0 Å². The molecule has 0 amide bonds. The molecule has 86 valence electrons. The zero-order chi connectivity index (χ0) is 12.3. The lowest BCUT2D eigenvalue weighted by atomic mass is 10.4. The van der Waals surface area contributed by atoms with E-state index in [1.165, 1.54) is 12.1 Å². The van der Waals surface area contributed by atoms with E-state index in [2.05, 4.69) is 0 Å². The number of carbonyl (C=O) groups is 2. The molecule has 0 aliphatic carbocycles. The molecule has 0 saturated heterocycles. The SMILES string of the molecule is O=Cc1ccc(C(=O)Sc2ccc(F)cc2)s1. The molecular formula is C12H7FO2S2. The Morgan fingerprint density at radius 3 is 2.47 bits per heavy atom. The Balaban J connectivity index is 2.11. The Bertz CT molecular complexity index is 546. The van der Waals surface area contributed by atoms with E-state index in [9.17, 15) is 14.0 Å². The number of hydrogen-bond donors (Lipinski definition) is 0. The summed E-state index contributed by atoms with van der Waals surface area (Å²) in [5, 5.41) is -0.144. The average molecular weight is 266 g/mol. The van der Waals surface area contributed by atoms with E-state index in [-0.39, 0.29) is 10.9 Å². The first-order valence-corrected chi connectivity index (χ1v) is 6.35. The Hall–Kier alpha value is -1.46. The van der Waals surface area contributed by atoms with Gasteiger partial charge in [0.1, 0.15) is 5.82 Å². The van der Waals surface area contributed by atoms with E-state index in [1.54, 1.807) is 24.3 Å². The predicted molar refractivity (Wildman–Crippen MR) is 66.3 cm³/mol. The van der Waals surface area contributed by atoms with Crippen LogP contribution in [-0.4, -0.2) is 11.4 Å². The maximum atomic E-state index is 12.7. The molecule has 0 aliphatic heterocycles. The van der Waals surface area contributed by atoms with Gasteiger partial charge in [-0.2, -0.15) is 0 Å². The van der Waals surface area contributed by atoms with Gasteiger partial charge in [-0.3, -0.25) is 9.59 Å². The average Bonchev–Trinajstić information content (AvgIpc) is 2.81. The number of thioether (sulfide) groups is 1. The monoisotopic (exact) mass is 266 g/mol. The minimum atomic E-state index is -0.332. The lowest BCUT2D eigenvalue weighted by Gasteiger charge is -1.97. The van der Waals surface area contributed by atoms with Crippen LogP contribution < -0.4 is 0 Å². The van der Waals surface area contributed by atoms with E-state index in [4.69, 9.17) is 0 Å². The second kappa shape index (κ2) is 5.25. The summed E-state index contributed by atoms with van der Waals surface area (Å²) < 4.78 is 12.7. The molecule has 1 aromatic heterocycles. The van der Waals surface area contributed by atoms with Crippen molar-refractivity contribution in [1.82, 2.24) is 0 Å². The summed E-state index contributed by atoms with van der Waals surface area (Å²) >= 11 is 2.17. The molecule has 0 saturated carbocycles. The maximum Gasteiger partial charge on any atom is 0.234 e. The van der Waals surface area contributed by atoms with Crippen molar-refractivity contribution in [3.63, 3.8) is 0 Å². The van der Waals surface area contributed by atoms with Crippen LogP contribution in [0.5, 0.6) is 0 Å². The van der Waals surface area contributed by atoms with Crippen LogP contribution >= 0.6 is 23.1 Å². The van der Waals surface area contributed by atoms with Gasteiger partial charge in [0.05, 0.1) is 9.75 Å². The third-order valence-corrected chi connectivity index (χ3v) is 4.02. The third kappa shape index (κ3) is 3.01. The molecule has 0 fully saturated rings. The molecule has 2 nitrogen and oxygen atoms in total. The molecule has 0 radical (unpaired) electrons. The number of hydrogen-bond acceptors (Lipinski definition) is 4. The van der Waals surface area contributed by atoms with Crippen molar-refractivity contribution in [2.45, 2.75) is 4.90 Å². The number of halogens is 1. The highest BCUT2D eigenvalue weighted by Crippen LogP contribution is 2.26. The van der Waals surface area contributed by atoms with Crippen molar-refractivity contribution >= 4 is 34.5 Å². The highest BCUT2D eigenvalue weighted by atomic mass is 32.2. The van der Waals surface area contributed by atoms with Crippen molar-refractivity contribution in [2.24, 2.45) is 0 Å². The first kappa shape index (κ1) is 12.0. The van der Waals surface area contributed by atoms with Gasteiger partial charge in [-0.1, -0.05) is 0 Å². The zero-order valence-corrected chi connectivity index (χ0v) is 10.2. The summed E-state index contributed by atoms with van der Waals surface area (Å²) in [6, 6.07) is 8.93. The molecule has 2 aromatic rings. The van der Waals surface area contributed by atoms with E-state index < -0.39 is 0 Å². The summed E-state index contributed by atoms with van der Waals surface area (Å²) in [5.41, 5.74) is 0. The largest absolute Gasteiger partial charge is 0.297 e. The molecular weight excluding hydrogens is 259 g/mol. The quantitative estimate of drug-likeness (QED) is 0.628. The van der Waals surface area contributed by atoms with Crippen LogP contribution in [0.15, 0.2) is 41.3 Å². The molecule has 0 bridgehead atoms. The van der Waals surface area contributed by atoms with Gasteiger partial charge in [-0.25, -0.2) is 4.39 Å². The van der Waals surface area contributed by atoms with E-state index in [0.29, 0.717) is 20.9 Å².